The standard InChI is InChI=1S/C22H19ClN4O2S/c1-4-20-25-26-22(18-10-19-17(27(18)20)9-12(2)28-19)30-11-16-13(3)29-21(24-16)14-5-7-15(23)8-6-14/h5-10H,4,11H2,1-3H3. The van der Waals surface area contributed by atoms with E-state index < -0.39 is 0 Å². The van der Waals surface area contributed by atoms with Crippen molar-refractivity contribution in [2.75, 3.05) is 0 Å². The smallest absolute Gasteiger partial charge is 0.226 e. The lowest BCUT2D eigenvalue weighted by Crippen LogP contribution is -2.03. The van der Waals surface area contributed by atoms with E-state index in [1.807, 2.05) is 50.2 Å². The molecule has 0 bridgehead atoms. The summed E-state index contributed by atoms with van der Waals surface area (Å²) in [4.78, 5) is 4.68. The van der Waals surface area contributed by atoms with Crippen LogP contribution < -0.4 is 0 Å². The molecule has 0 aliphatic rings. The topological polar surface area (TPSA) is 69.4 Å². The lowest BCUT2D eigenvalue weighted by molar-refractivity contribution is 0.540. The summed E-state index contributed by atoms with van der Waals surface area (Å²) in [7, 11) is 0. The van der Waals surface area contributed by atoms with E-state index in [4.69, 9.17) is 20.4 Å². The molecule has 5 aromatic rings. The van der Waals surface area contributed by atoms with Gasteiger partial charge in [0.05, 0.1) is 16.7 Å². The van der Waals surface area contributed by atoms with Gasteiger partial charge in [-0.3, -0.25) is 4.40 Å². The molecule has 0 aliphatic heterocycles. The predicted octanol–water partition coefficient (Wildman–Crippen LogP) is 6.26. The first kappa shape index (κ1) is 19.2. The van der Waals surface area contributed by atoms with Crippen LogP contribution in [0.2, 0.25) is 5.02 Å². The predicted molar refractivity (Wildman–Crippen MR) is 118 cm³/mol. The number of nitrogens with zero attached hydrogens (tertiary/aromatic N) is 4. The molecule has 0 radical (unpaired) electrons. The fourth-order valence-electron chi connectivity index (χ4n) is 3.50. The molecule has 0 amide bonds. The Hall–Kier alpha value is -2.77. The Bertz CT molecular complexity index is 1370. The van der Waals surface area contributed by atoms with Crippen molar-refractivity contribution in [1.82, 2.24) is 19.6 Å². The van der Waals surface area contributed by atoms with E-state index in [9.17, 15) is 0 Å². The number of aryl methyl sites for hydroxylation is 3. The van der Waals surface area contributed by atoms with Crippen LogP contribution in [0.3, 0.4) is 0 Å². The number of benzene rings is 1. The normalized spacial score (nSPS) is 11.7. The summed E-state index contributed by atoms with van der Waals surface area (Å²) < 4.78 is 13.8. The van der Waals surface area contributed by atoms with Crippen LogP contribution in [-0.2, 0) is 12.2 Å². The van der Waals surface area contributed by atoms with Crippen LogP contribution in [0.4, 0.5) is 0 Å². The van der Waals surface area contributed by atoms with Crippen molar-refractivity contribution in [3.05, 3.63) is 64.5 Å². The fourth-order valence-corrected chi connectivity index (χ4v) is 4.56. The summed E-state index contributed by atoms with van der Waals surface area (Å²) in [5.74, 6) is 3.81. The minimum atomic E-state index is 0.591. The largest absolute Gasteiger partial charge is 0.460 e. The third-order valence-corrected chi connectivity index (χ3v) is 6.23. The first-order valence-electron chi connectivity index (χ1n) is 9.65. The molecule has 0 N–H and O–H groups in total. The molecule has 4 aromatic heterocycles. The Kier molecular flexibility index (Phi) is 4.79. The Morgan fingerprint density at radius 2 is 1.83 bits per heavy atom. The molecule has 0 fully saturated rings. The SMILES string of the molecule is CCc1nnc(SCc2nc(-c3ccc(Cl)cc3)oc2C)c2cc3oc(C)cc3n12. The molecular weight excluding hydrogens is 420 g/mol. The highest BCUT2D eigenvalue weighted by molar-refractivity contribution is 7.98. The molecule has 0 atom stereocenters. The first-order valence-corrected chi connectivity index (χ1v) is 11.0. The molecule has 8 heteroatoms. The number of fused-ring (bicyclic) bond motifs is 3. The summed E-state index contributed by atoms with van der Waals surface area (Å²) in [6, 6.07) is 11.5. The van der Waals surface area contributed by atoms with E-state index in [-0.39, 0.29) is 0 Å². The Labute approximate surface area is 182 Å². The van der Waals surface area contributed by atoms with Crippen molar-refractivity contribution in [2.24, 2.45) is 0 Å². The molecule has 1 aromatic carbocycles. The Morgan fingerprint density at radius 3 is 2.60 bits per heavy atom. The van der Waals surface area contributed by atoms with Crippen LogP contribution >= 0.6 is 23.4 Å². The molecule has 30 heavy (non-hydrogen) atoms. The maximum absolute atomic E-state index is 5.98. The monoisotopic (exact) mass is 438 g/mol. The summed E-state index contributed by atoms with van der Waals surface area (Å²) in [6.07, 6.45) is 0.787. The van der Waals surface area contributed by atoms with E-state index in [2.05, 4.69) is 26.5 Å². The summed E-state index contributed by atoms with van der Waals surface area (Å²) in [6.45, 7) is 5.96. The van der Waals surface area contributed by atoms with Gasteiger partial charge in [-0.25, -0.2) is 4.98 Å². The quantitative estimate of drug-likeness (QED) is 0.302. The van der Waals surface area contributed by atoms with Gasteiger partial charge in [-0.05, 0) is 38.1 Å². The number of hydrogen-bond acceptors (Lipinski definition) is 6. The number of rotatable bonds is 5. The molecule has 0 spiro atoms. The Morgan fingerprint density at radius 1 is 1.03 bits per heavy atom. The van der Waals surface area contributed by atoms with Crippen LogP contribution in [0.1, 0.15) is 30.0 Å². The van der Waals surface area contributed by atoms with Gasteiger partial charge in [0.25, 0.3) is 0 Å². The van der Waals surface area contributed by atoms with Crippen molar-refractivity contribution >= 4 is 40.0 Å². The molecule has 0 saturated carbocycles. The highest BCUT2D eigenvalue weighted by Crippen LogP contribution is 2.33. The third kappa shape index (κ3) is 3.28. The van der Waals surface area contributed by atoms with E-state index in [0.29, 0.717) is 16.7 Å². The van der Waals surface area contributed by atoms with Gasteiger partial charge in [-0.2, -0.15) is 0 Å². The van der Waals surface area contributed by atoms with Crippen molar-refractivity contribution in [3.63, 3.8) is 0 Å². The van der Waals surface area contributed by atoms with Gasteiger partial charge in [0.15, 0.2) is 5.58 Å². The molecule has 6 nitrogen and oxygen atoms in total. The minimum Gasteiger partial charge on any atom is -0.460 e. The molecule has 0 unspecified atom stereocenters. The maximum Gasteiger partial charge on any atom is 0.226 e. The van der Waals surface area contributed by atoms with Crippen LogP contribution in [0.25, 0.3) is 28.1 Å². The van der Waals surface area contributed by atoms with Crippen LogP contribution in [0, 0.1) is 13.8 Å². The number of oxazole rings is 1. The number of thioether (sulfide) groups is 1. The highest BCUT2D eigenvalue weighted by Gasteiger charge is 2.18. The lowest BCUT2D eigenvalue weighted by atomic mass is 10.2. The molecule has 0 aliphatic carbocycles. The fraction of sp³-hybridized carbons (Fsp3) is 0.227. The summed E-state index contributed by atoms with van der Waals surface area (Å²) >= 11 is 7.57. The summed E-state index contributed by atoms with van der Waals surface area (Å²) in [5, 5.41) is 10.4. The molecule has 4 heterocycles. The molecule has 5 rings (SSSR count). The number of hydrogen-bond donors (Lipinski definition) is 0. The van der Waals surface area contributed by atoms with Gasteiger partial charge in [-0.1, -0.05) is 30.3 Å². The van der Waals surface area contributed by atoms with Crippen molar-refractivity contribution in [3.8, 4) is 11.5 Å². The van der Waals surface area contributed by atoms with Crippen LogP contribution in [-0.4, -0.2) is 19.6 Å². The van der Waals surface area contributed by atoms with Gasteiger partial charge >= 0.3 is 0 Å². The molecule has 0 saturated heterocycles. The van der Waals surface area contributed by atoms with Crippen molar-refractivity contribution in [2.45, 2.75) is 38.0 Å². The average molecular weight is 439 g/mol. The van der Waals surface area contributed by atoms with E-state index in [1.54, 1.807) is 11.8 Å². The second kappa shape index (κ2) is 7.49. The Balaban J connectivity index is 1.47. The van der Waals surface area contributed by atoms with Crippen LogP contribution in [0.5, 0.6) is 0 Å². The average Bonchev–Trinajstić information content (AvgIpc) is 3.39. The maximum atomic E-state index is 5.98. The minimum absolute atomic E-state index is 0.591. The van der Waals surface area contributed by atoms with E-state index >= 15 is 0 Å². The summed E-state index contributed by atoms with van der Waals surface area (Å²) in [5.41, 5.74) is 4.66. The second-order valence-corrected chi connectivity index (χ2v) is 8.46. The first-order chi connectivity index (χ1) is 14.5. The van der Waals surface area contributed by atoms with Gasteiger partial charge in [0.1, 0.15) is 22.4 Å². The molecular formula is C22H19ClN4O2S. The zero-order valence-corrected chi connectivity index (χ0v) is 18.3. The van der Waals surface area contributed by atoms with Gasteiger partial charge in [-0.15, -0.1) is 10.2 Å². The lowest BCUT2D eigenvalue weighted by Gasteiger charge is -2.06. The number of furan rings is 1. The zero-order valence-electron chi connectivity index (χ0n) is 16.8. The second-order valence-electron chi connectivity index (χ2n) is 7.06. The highest BCUT2D eigenvalue weighted by atomic mass is 35.5. The number of halogens is 1. The van der Waals surface area contributed by atoms with E-state index in [0.717, 1.165) is 56.7 Å². The molecule has 152 valence electrons. The van der Waals surface area contributed by atoms with E-state index in [1.165, 1.54) is 0 Å². The van der Waals surface area contributed by atoms with Gasteiger partial charge in [0, 0.05) is 34.9 Å². The third-order valence-electron chi connectivity index (χ3n) is 4.99. The van der Waals surface area contributed by atoms with Crippen molar-refractivity contribution < 1.29 is 8.83 Å². The zero-order chi connectivity index (χ0) is 20.8. The van der Waals surface area contributed by atoms with Crippen LogP contribution in [0.15, 0.2) is 50.3 Å². The van der Waals surface area contributed by atoms with Gasteiger partial charge < -0.3 is 8.83 Å². The number of aromatic nitrogens is 4. The van der Waals surface area contributed by atoms with Gasteiger partial charge in [0.2, 0.25) is 5.89 Å². The van der Waals surface area contributed by atoms with Crippen molar-refractivity contribution in [1.29, 1.82) is 0 Å².